The van der Waals surface area contributed by atoms with Crippen molar-refractivity contribution >= 4 is 10.0 Å². The highest BCUT2D eigenvalue weighted by Crippen LogP contribution is 2.36. The molecule has 3 heterocycles. The van der Waals surface area contributed by atoms with Crippen molar-refractivity contribution in [3.05, 3.63) is 46.7 Å². The lowest BCUT2D eigenvalue weighted by atomic mass is 9.93. The number of nitrogens with two attached hydrogens (primary N) is 1. The molecule has 3 atom stereocenters. The Morgan fingerprint density at radius 1 is 1.16 bits per heavy atom. The second-order valence-electron chi connectivity index (χ2n) is 8.98. The van der Waals surface area contributed by atoms with Crippen LogP contribution in [0.25, 0.3) is 0 Å². The molecule has 3 aliphatic heterocycles. The van der Waals surface area contributed by atoms with E-state index in [2.05, 4.69) is 10.3 Å². The van der Waals surface area contributed by atoms with E-state index in [1.54, 1.807) is 0 Å². The van der Waals surface area contributed by atoms with Crippen LogP contribution >= 0.6 is 0 Å². The van der Waals surface area contributed by atoms with Crippen LogP contribution in [-0.4, -0.2) is 61.3 Å². The highest BCUT2D eigenvalue weighted by molar-refractivity contribution is 7.89. The number of sulfonamides is 1. The summed E-state index contributed by atoms with van der Waals surface area (Å²) in [6, 6.07) is 2.82. The highest BCUT2D eigenvalue weighted by atomic mass is 32.2. The third kappa shape index (κ3) is 3.78. The molecular formula is C21H28F2N4O3S. The van der Waals surface area contributed by atoms with Crippen LogP contribution in [-0.2, 0) is 14.8 Å². The molecule has 7 nitrogen and oxygen atoms in total. The quantitative estimate of drug-likeness (QED) is 0.721. The number of ether oxygens (including phenoxy) is 1. The third-order valence-electron chi connectivity index (χ3n) is 7.00. The Kier molecular flexibility index (Phi) is 5.54. The normalized spacial score (nSPS) is 30.4. The summed E-state index contributed by atoms with van der Waals surface area (Å²) in [5.41, 5.74) is 11.4. The maximum atomic E-state index is 14.2. The molecule has 170 valence electrons. The number of rotatable bonds is 4. The van der Waals surface area contributed by atoms with Gasteiger partial charge in [-0.3, -0.25) is 4.90 Å². The van der Waals surface area contributed by atoms with Gasteiger partial charge in [0.25, 0.3) is 10.0 Å². The summed E-state index contributed by atoms with van der Waals surface area (Å²) >= 11 is 0. The molecule has 2 fully saturated rings. The summed E-state index contributed by atoms with van der Waals surface area (Å²) < 4.78 is 61.2. The van der Waals surface area contributed by atoms with Crippen LogP contribution in [0.4, 0.5) is 8.78 Å². The van der Waals surface area contributed by atoms with E-state index in [4.69, 9.17) is 10.5 Å². The SMILES string of the molecule is N[C@@H]1C[C@@H](N2CC3=C(C2)N(S(=O)(=O)C2CCCC2)NC3)CO[C@@H]1c1cc(F)ccc1F. The molecule has 0 unspecified atom stereocenters. The van der Waals surface area contributed by atoms with Crippen LogP contribution in [0.15, 0.2) is 29.5 Å². The molecule has 1 aromatic carbocycles. The first-order chi connectivity index (χ1) is 14.8. The molecule has 0 spiro atoms. The van der Waals surface area contributed by atoms with E-state index in [-0.39, 0.29) is 16.9 Å². The Balaban J connectivity index is 1.25. The maximum Gasteiger partial charge on any atom is 0.251 e. The first-order valence-electron chi connectivity index (χ1n) is 10.9. The number of hydrazine groups is 1. The van der Waals surface area contributed by atoms with Gasteiger partial charge in [0.1, 0.15) is 17.7 Å². The second kappa shape index (κ2) is 8.08. The topological polar surface area (TPSA) is 87.9 Å². The lowest BCUT2D eigenvalue weighted by Gasteiger charge is -2.39. The van der Waals surface area contributed by atoms with Gasteiger partial charge in [0, 0.05) is 37.3 Å². The molecule has 1 aliphatic carbocycles. The third-order valence-corrected chi connectivity index (χ3v) is 9.17. The summed E-state index contributed by atoms with van der Waals surface area (Å²) in [5.74, 6) is -1.05. The van der Waals surface area contributed by atoms with E-state index in [1.807, 2.05) is 0 Å². The molecule has 0 radical (unpaired) electrons. The van der Waals surface area contributed by atoms with E-state index >= 15 is 0 Å². The van der Waals surface area contributed by atoms with Crippen molar-refractivity contribution in [2.75, 3.05) is 26.2 Å². The number of nitrogens with zero attached hydrogens (tertiary/aromatic N) is 2. The Bertz CT molecular complexity index is 996. The van der Waals surface area contributed by atoms with Crippen LogP contribution in [0.1, 0.15) is 43.8 Å². The number of hydrogen-bond donors (Lipinski definition) is 2. The van der Waals surface area contributed by atoms with Crippen LogP contribution in [0, 0.1) is 11.6 Å². The highest BCUT2D eigenvalue weighted by Gasteiger charge is 2.44. The van der Waals surface area contributed by atoms with Crippen molar-refractivity contribution in [2.24, 2.45) is 5.73 Å². The van der Waals surface area contributed by atoms with Gasteiger partial charge in [-0.1, -0.05) is 12.8 Å². The van der Waals surface area contributed by atoms with E-state index in [1.165, 1.54) is 4.41 Å². The lowest BCUT2D eigenvalue weighted by molar-refractivity contribution is -0.0472. The number of benzene rings is 1. The van der Waals surface area contributed by atoms with Gasteiger partial charge in [-0.2, -0.15) is 0 Å². The predicted molar refractivity (Wildman–Crippen MR) is 111 cm³/mol. The van der Waals surface area contributed by atoms with Crippen molar-refractivity contribution in [2.45, 2.75) is 55.5 Å². The molecule has 31 heavy (non-hydrogen) atoms. The van der Waals surface area contributed by atoms with Crippen molar-refractivity contribution < 1.29 is 21.9 Å². The fourth-order valence-electron chi connectivity index (χ4n) is 5.31. The second-order valence-corrected chi connectivity index (χ2v) is 11.0. The molecule has 10 heteroatoms. The molecular weight excluding hydrogens is 426 g/mol. The summed E-state index contributed by atoms with van der Waals surface area (Å²) in [5, 5.41) is -0.311. The standard InChI is InChI=1S/C21H28F2N4O3S/c22-14-5-6-18(23)17(7-14)21-19(24)8-15(12-30-21)26-10-13-9-25-27(20(13)11-26)31(28,29)16-3-1-2-4-16/h5-7,15-16,19,21,25H,1-4,8-12,24H2/t15-,19-,21-/m1/s1. The summed E-state index contributed by atoms with van der Waals surface area (Å²) in [7, 11) is -3.41. The average molecular weight is 455 g/mol. The van der Waals surface area contributed by atoms with Crippen LogP contribution in [0.5, 0.6) is 0 Å². The van der Waals surface area contributed by atoms with Crippen LogP contribution < -0.4 is 11.2 Å². The zero-order chi connectivity index (χ0) is 21.8. The van der Waals surface area contributed by atoms with Crippen LogP contribution in [0.3, 0.4) is 0 Å². The average Bonchev–Trinajstić information content (AvgIpc) is 3.47. The molecule has 1 aromatic rings. The first-order valence-corrected chi connectivity index (χ1v) is 12.4. The fraction of sp³-hybridized carbons (Fsp3) is 0.619. The fourth-order valence-corrected chi connectivity index (χ4v) is 7.28. The molecule has 1 saturated carbocycles. The van der Waals surface area contributed by atoms with E-state index in [0.29, 0.717) is 32.7 Å². The largest absolute Gasteiger partial charge is 0.370 e. The molecule has 1 saturated heterocycles. The Labute approximate surface area is 181 Å². The first kappa shape index (κ1) is 21.3. The van der Waals surface area contributed by atoms with Gasteiger partial charge in [0.15, 0.2) is 0 Å². The zero-order valence-electron chi connectivity index (χ0n) is 17.3. The van der Waals surface area contributed by atoms with E-state index in [0.717, 1.165) is 55.2 Å². The van der Waals surface area contributed by atoms with Gasteiger partial charge in [-0.25, -0.2) is 27.0 Å². The smallest absolute Gasteiger partial charge is 0.251 e. The van der Waals surface area contributed by atoms with Gasteiger partial charge in [-0.15, -0.1) is 0 Å². The summed E-state index contributed by atoms with van der Waals surface area (Å²) in [6.45, 7) is 2.01. The van der Waals surface area contributed by atoms with Gasteiger partial charge >= 0.3 is 0 Å². The number of hydrogen-bond acceptors (Lipinski definition) is 6. The Morgan fingerprint density at radius 3 is 2.68 bits per heavy atom. The minimum atomic E-state index is -3.41. The van der Waals surface area contributed by atoms with Crippen molar-refractivity contribution in [3.8, 4) is 0 Å². The van der Waals surface area contributed by atoms with Crippen molar-refractivity contribution in [1.82, 2.24) is 14.7 Å². The molecule has 3 N–H and O–H groups in total. The maximum absolute atomic E-state index is 14.2. The Hall–Kier alpha value is -1.59. The van der Waals surface area contributed by atoms with E-state index < -0.39 is 33.8 Å². The minimum Gasteiger partial charge on any atom is -0.370 e. The lowest BCUT2D eigenvalue weighted by Crippen LogP contribution is -2.51. The molecule has 4 aliphatic rings. The number of halogens is 2. The predicted octanol–water partition coefficient (Wildman–Crippen LogP) is 1.78. The Morgan fingerprint density at radius 2 is 1.94 bits per heavy atom. The number of nitrogens with one attached hydrogen (secondary N) is 1. The summed E-state index contributed by atoms with van der Waals surface area (Å²) in [4.78, 5) is 2.18. The van der Waals surface area contributed by atoms with Crippen LogP contribution in [0.2, 0.25) is 0 Å². The minimum absolute atomic E-state index is 0.00972. The molecule has 0 bridgehead atoms. The molecule has 0 amide bonds. The molecule has 5 rings (SSSR count). The molecule has 0 aromatic heterocycles. The van der Waals surface area contributed by atoms with E-state index in [9.17, 15) is 17.2 Å². The van der Waals surface area contributed by atoms with Gasteiger partial charge in [0.05, 0.1) is 17.6 Å². The van der Waals surface area contributed by atoms with Crippen molar-refractivity contribution in [3.63, 3.8) is 0 Å². The zero-order valence-corrected chi connectivity index (χ0v) is 18.1. The monoisotopic (exact) mass is 454 g/mol. The van der Waals surface area contributed by atoms with Gasteiger partial charge < -0.3 is 10.5 Å². The van der Waals surface area contributed by atoms with Gasteiger partial charge in [0.2, 0.25) is 0 Å². The van der Waals surface area contributed by atoms with Gasteiger partial charge in [-0.05, 0) is 43.0 Å². The van der Waals surface area contributed by atoms with Crippen molar-refractivity contribution in [1.29, 1.82) is 0 Å². The summed E-state index contributed by atoms with van der Waals surface area (Å²) in [6.07, 6.45) is 3.21.